The Balaban J connectivity index is 2.19. The van der Waals surface area contributed by atoms with Gasteiger partial charge in [-0.05, 0) is 18.4 Å². The van der Waals surface area contributed by atoms with Crippen LogP contribution in [-0.2, 0) is 9.84 Å². The number of allylic oxidation sites excluding steroid dienone is 1. The van der Waals surface area contributed by atoms with Crippen LogP contribution in [-0.4, -0.2) is 24.5 Å². The molecule has 2 aliphatic carbocycles. The van der Waals surface area contributed by atoms with Crippen LogP contribution in [0.4, 0.5) is 0 Å². The summed E-state index contributed by atoms with van der Waals surface area (Å²) in [5, 5.41) is 0. The van der Waals surface area contributed by atoms with Crippen LogP contribution in [0.15, 0.2) is 23.1 Å². The van der Waals surface area contributed by atoms with Gasteiger partial charge in [-0.2, -0.15) is 0 Å². The average molecular weight is 320 g/mol. The average Bonchev–Trinajstić information content (AvgIpc) is 3.06. The van der Waals surface area contributed by atoms with Crippen LogP contribution >= 0.6 is 15.9 Å². The summed E-state index contributed by atoms with van der Waals surface area (Å²) in [6.45, 7) is 1.65. The third-order valence-corrected chi connectivity index (χ3v) is 6.33. The molecule has 0 aromatic carbocycles. The summed E-state index contributed by atoms with van der Waals surface area (Å²) in [5.41, 5.74) is 5.88. The first-order chi connectivity index (χ1) is 7.87. The molecular formula is C12H18BrNO2S. The predicted molar refractivity (Wildman–Crippen MR) is 73.7 cm³/mol. The topological polar surface area (TPSA) is 60.2 Å². The first-order valence-corrected chi connectivity index (χ1v) is 8.51. The van der Waals surface area contributed by atoms with E-state index in [1.165, 1.54) is 12.8 Å². The summed E-state index contributed by atoms with van der Waals surface area (Å²) >= 11 is 3.51. The number of hydrogen-bond acceptors (Lipinski definition) is 3. The summed E-state index contributed by atoms with van der Waals surface area (Å²) in [4.78, 5) is 0.288. The van der Waals surface area contributed by atoms with E-state index in [9.17, 15) is 8.42 Å². The van der Waals surface area contributed by atoms with Crippen LogP contribution in [0.5, 0.6) is 0 Å². The van der Waals surface area contributed by atoms with E-state index in [2.05, 4.69) is 15.9 Å². The van der Waals surface area contributed by atoms with Crippen molar-refractivity contribution in [2.24, 2.45) is 11.7 Å². The van der Waals surface area contributed by atoms with E-state index in [0.717, 1.165) is 6.42 Å². The Hall–Kier alpha value is -0.130. The van der Waals surface area contributed by atoms with E-state index in [1.807, 2.05) is 6.08 Å². The highest BCUT2D eigenvalue weighted by Gasteiger charge is 2.38. The Labute approximate surface area is 111 Å². The molecule has 0 amide bonds. The molecule has 0 aromatic rings. The van der Waals surface area contributed by atoms with Gasteiger partial charge in [-0.25, -0.2) is 8.42 Å². The molecular weight excluding hydrogens is 302 g/mol. The monoisotopic (exact) mass is 319 g/mol. The van der Waals surface area contributed by atoms with Crippen LogP contribution in [0, 0.1) is 5.92 Å². The Morgan fingerprint density at radius 2 is 2.18 bits per heavy atom. The molecule has 1 fully saturated rings. The molecule has 2 atom stereocenters. The van der Waals surface area contributed by atoms with Gasteiger partial charge in [-0.15, -0.1) is 0 Å². The Morgan fingerprint density at radius 3 is 2.65 bits per heavy atom. The quantitative estimate of drug-likeness (QED) is 0.807. The van der Waals surface area contributed by atoms with Crippen LogP contribution < -0.4 is 5.73 Å². The minimum Gasteiger partial charge on any atom is -0.321 e. The third kappa shape index (κ3) is 2.83. The van der Waals surface area contributed by atoms with Crippen molar-refractivity contribution in [1.82, 2.24) is 0 Å². The number of hydrogen-bond donors (Lipinski definition) is 1. The largest absolute Gasteiger partial charge is 0.321 e. The standard InChI is InChI=1S/C12H18BrNO2S/c1-2-17(15,16)10-5-6-12(14,11(13)7-10)8-9-3-4-9/h5-7,9,11H,2-4,8,14H2,1H3. The second-order valence-electron chi connectivity index (χ2n) is 4.97. The van der Waals surface area contributed by atoms with Gasteiger partial charge in [0.1, 0.15) is 0 Å². The lowest BCUT2D eigenvalue weighted by Crippen LogP contribution is -2.47. The normalized spacial score (nSPS) is 33.6. The van der Waals surface area contributed by atoms with E-state index in [4.69, 9.17) is 5.73 Å². The number of halogens is 1. The maximum Gasteiger partial charge on any atom is 0.177 e. The van der Waals surface area contributed by atoms with Crippen molar-refractivity contribution in [2.45, 2.75) is 36.6 Å². The zero-order valence-electron chi connectivity index (χ0n) is 9.90. The summed E-state index contributed by atoms with van der Waals surface area (Å²) in [6.07, 6.45) is 8.68. The summed E-state index contributed by atoms with van der Waals surface area (Å²) in [6, 6.07) is 0. The molecule has 0 radical (unpaired) electrons. The molecule has 0 saturated heterocycles. The lowest BCUT2D eigenvalue weighted by molar-refractivity contribution is 0.470. The number of rotatable bonds is 4. The fourth-order valence-corrected chi connectivity index (χ4v) is 3.81. The Morgan fingerprint density at radius 1 is 1.53 bits per heavy atom. The summed E-state index contributed by atoms with van der Waals surface area (Å²) in [7, 11) is -3.13. The minimum absolute atomic E-state index is 0.100. The van der Waals surface area contributed by atoms with Gasteiger partial charge in [0.2, 0.25) is 0 Å². The summed E-state index contributed by atoms with van der Waals surface area (Å²) < 4.78 is 23.5. The van der Waals surface area contributed by atoms with Gasteiger partial charge >= 0.3 is 0 Å². The molecule has 0 spiro atoms. The van der Waals surface area contributed by atoms with E-state index in [0.29, 0.717) is 10.8 Å². The zero-order valence-corrected chi connectivity index (χ0v) is 12.3. The van der Waals surface area contributed by atoms with Gasteiger partial charge in [0, 0.05) is 0 Å². The van der Waals surface area contributed by atoms with Crippen molar-refractivity contribution in [1.29, 1.82) is 0 Å². The van der Waals surface area contributed by atoms with Crippen molar-refractivity contribution >= 4 is 25.8 Å². The second kappa shape index (κ2) is 4.52. The van der Waals surface area contributed by atoms with Gasteiger partial charge < -0.3 is 5.73 Å². The molecule has 2 unspecified atom stereocenters. The molecule has 0 heterocycles. The molecule has 5 heteroatoms. The molecule has 2 rings (SSSR count). The molecule has 0 aromatic heterocycles. The molecule has 1 saturated carbocycles. The Bertz CT molecular complexity index is 465. The van der Waals surface area contributed by atoms with Crippen LogP contribution in [0.3, 0.4) is 0 Å². The van der Waals surface area contributed by atoms with Gasteiger partial charge in [0.25, 0.3) is 0 Å². The molecule has 3 nitrogen and oxygen atoms in total. The third-order valence-electron chi connectivity index (χ3n) is 3.46. The summed E-state index contributed by atoms with van der Waals surface area (Å²) in [5.74, 6) is 0.839. The fourth-order valence-electron chi connectivity index (χ4n) is 2.06. The lowest BCUT2D eigenvalue weighted by atomic mass is 9.87. The highest BCUT2D eigenvalue weighted by molar-refractivity contribution is 9.09. The van der Waals surface area contributed by atoms with Crippen LogP contribution in [0.2, 0.25) is 0 Å². The maximum atomic E-state index is 11.8. The van der Waals surface area contributed by atoms with Crippen molar-refractivity contribution in [3.63, 3.8) is 0 Å². The predicted octanol–water partition coefficient (Wildman–Crippen LogP) is 2.14. The zero-order chi connectivity index (χ0) is 12.7. The fraction of sp³-hybridized carbons (Fsp3) is 0.667. The number of nitrogens with two attached hydrogens (primary N) is 1. The SMILES string of the molecule is CCS(=O)(=O)C1=CC(Br)C(N)(CC2CC2)C=C1. The van der Waals surface area contributed by atoms with E-state index in [-0.39, 0.29) is 10.6 Å². The molecule has 96 valence electrons. The smallest absolute Gasteiger partial charge is 0.177 e. The first-order valence-electron chi connectivity index (χ1n) is 5.94. The first kappa shape index (κ1) is 13.3. The molecule has 2 N–H and O–H groups in total. The van der Waals surface area contributed by atoms with E-state index < -0.39 is 15.4 Å². The minimum atomic E-state index is -3.13. The van der Waals surface area contributed by atoms with Crippen molar-refractivity contribution < 1.29 is 8.42 Å². The van der Waals surface area contributed by atoms with E-state index in [1.54, 1.807) is 19.1 Å². The molecule has 0 aliphatic heterocycles. The van der Waals surface area contributed by atoms with E-state index >= 15 is 0 Å². The van der Waals surface area contributed by atoms with Crippen LogP contribution in [0.1, 0.15) is 26.2 Å². The number of alkyl halides is 1. The molecule has 0 bridgehead atoms. The highest BCUT2D eigenvalue weighted by atomic mass is 79.9. The lowest BCUT2D eigenvalue weighted by Gasteiger charge is -2.32. The van der Waals surface area contributed by atoms with Crippen molar-refractivity contribution in [3.05, 3.63) is 23.1 Å². The highest BCUT2D eigenvalue weighted by Crippen LogP contribution is 2.41. The van der Waals surface area contributed by atoms with Gasteiger partial charge in [-0.3, -0.25) is 0 Å². The Kier molecular flexibility index (Phi) is 3.54. The van der Waals surface area contributed by atoms with Crippen molar-refractivity contribution in [3.8, 4) is 0 Å². The van der Waals surface area contributed by atoms with Crippen LogP contribution in [0.25, 0.3) is 0 Å². The molecule has 17 heavy (non-hydrogen) atoms. The van der Waals surface area contributed by atoms with Crippen molar-refractivity contribution in [2.75, 3.05) is 5.75 Å². The number of sulfone groups is 1. The molecule has 2 aliphatic rings. The van der Waals surface area contributed by atoms with Gasteiger partial charge in [0.15, 0.2) is 9.84 Å². The second-order valence-corrected chi connectivity index (χ2v) is 8.23. The maximum absolute atomic E-state index is 11.8. The van der Waals surface area contributed by atoms with Gasteiger partial charge in [-0.1, -0.05) is 47.8 Å². The van der Waals surface area contributed by atoms with Gasteiger partial charge in [0.05, 0.1) is 21.0 Å².